The lowest BCUT2D eigenvalue weighted by Crippen LogP contribution is -2.37. The van der Waals surface area contributed by atoms with Gasteiger partial charge >= 0.3 is 6.36 Å². The SMILES string of the molecule is COc1nc2ccc(Br)cc2cc1C(c1ccco1)C(O)(CCN(C)C)c1cccc(OC(F)(F)F)c1. The van der Waals surface area contributed by atoms with Gasteiger partial charge in [0.2, 0.25) is 5.88 Å². The fraction of sp³-hybridized carbons (Fsp3) is 0.296. The number of fused-ring (bicyclic) bond motifs is 1. The highest BCUT2D eigenvalue weighted by Crippen LogP contribution is 2.48. The van der Waals surface area contributed by atoms with Crippen LogP contribution in [0.25, 0.3) is 10.9 Å². The molecule has 0 spiro atoms. The Balaban J connectivity index is 1.97. The Morgan fingerprint density at radius 1 is 1.08 bits per heavy atom. The second kappa shape index (κ2) is 10.7. The molecule has 0 radical (unpaired) electrons. The standard InChI is InChI=1S/C27H26BrF3N2O4/c1-33(2)12-11-26(34,18-6-4-7-20(16-18)37-27(29,30)31)24(23-8-5-13-36-23)21-15-17-14-19(28)9-10-22(17)32-25(21)35-3/h4-10,13-16,24,34H,11-12H2,1-3H3. The van der Waals surface area contributed by atoms with E-state index in [9.17, 15) is 18.3 Å². The molecule has 0 amide bonds. The molecule has 10 heteroatoms. The lowest BCUT2D eigenvalue weighted by atomic mass is 9.73. The number of methoxy groups -OCH3 is 1. The van der Waals surface area contributed by atoms with Gasteiger partial charge in [0.15, 0.2) is 0 Å². The molecule has 0 aliphatic rings. The number of rotatable bonds is 9. The third-order valence-electron chi connectivity index (χ3n) is 6.09. The number of aromatic nitrogens is 1. The zero-order chi connectivity index (χ0) is 26.8. The molecule has 2 heterocycles. The van der Waals surface area contributed by atoms with Crippen LogP contribution in [0.1, 0.15) is 29.2 Å². The van der Waals surface area contributed by atoms with Gasteiger partial charge in [0.05, 0.1) is 24.8 Å². The quantitative estimate of drug-likeness (QED) is 0.245. The van der Waals surface area contributed by atoms with Gasteiger partial charge in [-0.3, -0.25) is 0 Å². The van der Waals surface area contributed by atoms with Gasteiger partial charge in [-0.1, -0.05) is 28.1 Å². The monoisotopic (exact) mass is 578 g/mol. The normalized spacial score (nSPS) is 14.5. The van der Waals surface area contributed by atoms with E-state index in [2.05, 4.69) is 25.7 Å². The Morgan fingerprint density at radius 2 is 1.86 bits per heavy atom. The summed E-state index contributed by atoms with van der Waals surface area (Å²) in [5, 5.41) is 13.3. The molecule has 4 rings (SSSR count). The summed E-state index contributed by atoms with van der Waals surface area (Å²) >= 11 is 3.48. The van der Waals surface area contributed by atoms with Gasteiger partial charge in [-0.05, 0) is 74.6 Å². The van der Waals surface area contributed by atoms with Gasteiger partial charge in [0.1, 0.15) is 17.1 Å². The third-order valence-corrected chi connectivity index (χ3v) is 6.58. The average Bonchev–Trinajstić information content (AvgIpc) is 3.35. The molecule has 0 saturated heterocycles. The lowest BCUT2D eigenvalue weighted by molar-refractivity contribution is -0.274. The van der Waals surface area contributed by atoms with Crippen molar-refractivity contribution < 1.29 is 32.2 Å². The number of benzene rings is 2. The molecule has 2 unspecified atom stereocenters. The van der Waals surface area contributed by atoms with Gasteiger partial charge in [0, 0.05) is 22.0 Å². The largest absolute Gasteiger partial charge is 0.573 e. The predicted molar refractivity (Wildman–Crippen MR) is 137 cm³/mol. The van der Waals surface area contributed by atoms with Crippen LogP contribution in [0.2, 0.25) is 0 Å². The first-order valence-corrected chi connectivity index (χ1v) is 12.2. The van der Waals surface area contributed by atoms with E-state index in [1.54, 1.807) is 18.2 Å². The van der Waals surface area contributed by atoms with E-state index in [-0.39, 0.29) is 17.9 Å². The van der Waals surface area contributed by atoms with Gasteiger partial charge in [-0.2, -0.15) is 0 Å². The number of halogens is 4. The van der Waals surface area contributed by atoms with E-state index >= 15 is 0 Å². The van der Waals surface area contributed by atoms with Crippen LogP contribution in [0.15, 0.2) is 75.8 Å². The number of alkyl halides is 3. The molecular weight excluding hydrogens is 553 g/mol. The van der Waals surface area contributed by atoms with E-state index in [0.29, 0.717) is 23.4 Å². The highest BCUT2D eigenvalue weighted by molar-refractivity contribution is 9.10. The fourth-order valence-electron chi connectivity index (χ4n) is 4.43. The molecule has 6 nitrogen and oxygen atoms in total. The summed E-state index contributed by atoms with van der Waals surface area (Å²) in [4.78, 5) is 6.54. The summed E-state index contributed by atoms with van der Waals surface area (Å²) < 4.78 is 55.5. The van der Waals surface area contributed by atoms with Crippen LogP contribution in [-0.2, 0) is 5.60 Å². The zero-order valence-corrected chi connectivity index (χ0v) is 22.0. The summed E-state index contributed by atoms with van der Waals surface area (Å²) in [5.74, 6) is -0.645. The summed E-state index contributed by atoms with van der Waals surface area (Å²) in [5.41, 5.74) is -0.304. The Hall–Kier alpha value is -3.08. The molecule has 0 bridgehead atoms. The van der Waals surface area contributed by atoms with Crippen molar-refractivity contribution in [1.29, 1.82) is 0 Å². The molecule has 4 aromatic rings. The summed E-state index contributed by atoms with van der Waals surface area (Å²) in [6, 6.07) is 16.2. The van der Waals surface area contributed by atoms with Crippen molar-refractivity contribution >= 4 is 26.8 Å². The number of ether oxygens (including phenoxy) is 2. The Bertz CT molecular complexity index is 1360. The van der Waals surface area contributed by atoms with Crippen molar-refractivity contribution in [2.45, 2.75) is 24.3 Å². The molecule has 37 heavy (non-hydrogen) atoms. The van der Waals surface area contributed by atoms with E-state index < -0.39 is 23.6 Å². The second-order valence-electron chi connectivity index (χ2n) is 8.93. The van der Waals surface area contributed by atoms with E-state index in [1.807, 2.05) is 43.3 Å². The van der Waals surface area contributed by atoms with Gasteiger partial charge in [-0.15, -0.1) is 13.2 Å². The molecular formula is C27H26BrF3N2O4. The van der Waals surface area contributed by atoms with Crippen LogP contribution in [-0.4, -0.2) is 49.1 Å². The number of furan rings is 1. The maximum atomic E-state index is 13.0. The van der Waals surface area contributed by atoms with Crippen molar-refractivity contribution in [2.75, 3.05) is 27.7 Å². The third kappa shape index (κ3) is 6.08. The molecule has 1 N–H and O–H groups in total. The Labute approximate surface area is 220 Å². The highest BCUT2D eigenvalue weighted by atomic mass is 79.9. The molecule has 0 aliphatic carbocycles. The maximum Gasteiger partial charge on any atom is 0.573 e. The van der Waals surface area contributed by atoms with Crippen LogP contribution in [0.3, 0.4) is 0 Å². The molecule has 2 aromatic heterocycles. The topological polar surface area (TPSA) is 68.0 Å². The smallest absolute Gasteiger partial charge is 0.481 e. The van der Waals surface area contributed by atoms with E-state index in [1.165, 1.54) is 31.6 Å². The summed E-state index contributed by atoms with van der Waals surface area (Å²) in [6.45, 7) is 0.424. The molecule has 0 saturated carbocycles. The lowest BCUT2D eigenvalue weighted by Gasteiger charge is -2.37. The van der Waals surface area contributed by atoms with Crippen LogP contribution < -0.4 is 9.47 Å². The van der Waals surface area contributed by atoms with E-state index in [0.717, 1.165) is 9.86 Å². The van der Waals surface area contributed by atoms with Crippen molar-refractivity contribution in [1.82, 2.24) is 9.88 Å². The first-order chi connectivity index (χ1) is 17.5. The first kappa shape index (κ1) is 27.0. The van der Waals surface area contributed by atoms with Crippen molar-refractivity contribution in [3.05, 3.63) is 88.3 Å². The van der Waals surface area contributed by atoms with Crippen LogP contribution >= 0.6 is 15.9 Å². The predicted octanol–water partition coefficient (Wildman–Crippen LogP) is 6.47. The van der Waals surface area contributed by atoms with Crippen LogP contribution in [0, 0.1) is 0 Å². The molecule has 2 aromatic carbocycles. The molecule has 0 aliphatic heterocycles. The summed E-state index contributed by atoms with van der Waals surface area (Å²) in [6.07, 6.45) is -3.24. The molecule has 196 valence electrons. The second-order valence-corrected chi connectivity index (χ2v) is 9.84. The van der Waals surface area contributed by atoms with Gasteiger partial charge in [0.25, 0.3) is 0 Å². The van der Waals surface area contributed by atoms with E-state index in [4.69, 9.17) is 9.15 Å². The maximum absolute atomic E-state index is 13.0. The highest BCUT2D eigenvalue weighted by Gasteiger charge is 2.44. The molecule has 2 atom stereocenters. The number of aliphatic hydroxyl groups is 1. The number of pyridine rings is 1. The zero-order valence-electron chi connectivity index (χ0n) is 20.4. The fourth-order valence-corrected chi connectivity index (χ4v) is 4.81. The minimum absolute atomic E-state index is 0.153. The van der Waals surface area contributed by atoms with Crippen molar-refractivity contribution in [2.24, 2.45) is 0 Å². The number of hydrogen-bond acceptors (Lipinski definition) is 6. The minimum atomic E-state index is -4.88. The van der Waals surface area contributed by atoms with Gasteiger partial charge < -0.3 is 23.9 Å². The Morgan fingerprint density at radius 3 is 2.51 bits per heavy atom. The van der Waals surface area contributed by atoms with Crippen LogP contribution in [0.5, 0.6) is 11.6 Å². The van der Waals surface area contributed by atoms with Gasteiger partial charge in [-0.25, -0.2) is 4.98 Å². The Kier molecular flexibility index (Phi) is 7.82. The number of nitrogens with zero attached hydrogens (tertiary/aromatic N) is 2. The van der Waals surface area contributed by atoms with Crippen LogP contribution in [0.4, 0.5) is 13.2 Å². The summed E-state index contributed by atoms with van der Waals surface area (Å²) in [7, 11) is 5.18. The molecule has 0 fully saturated rings. The number of hydrogen-bond donors (Lipinski definition) is 1. The average molecular weight is 579 g/mol. The minimum Gasteiger partial charge on any atom is -0.481 e. The van der Waals surface area contributed by atoms with Crippen molar-refractivity contribution in [3.8, 4) is 11.6 Å². The first-order valence-electron chi connectivity index (χ1n) is 11.4. The van der Waals surface area contributed by atoms with Crippen molar-refractivity contribution in [3.63, 3.8) is 0 Å².